The molecule has 0 rings (SSSR count). The Labute approximate surface area is 97.8 Å². The van der Waals surface area contributed by atoms with Crippen LogP contribution in [0.5, 0.6) is 0 Å². The van der Waals surface area contributed by atoms with Gasteiger partial charge in [-0.1, -0.05) is 61.3 Å². The molecule has 0 fully saturated rings. The van der Waals surface area contributed by atoms with Gasteiger partial charge in [0.2, 0.25) is 0 Å². The molecule has 0 unspecified atom stereocenters. The Morgan fingerprint density at radius 1 is 0.933 bits per heavy atom. The Bertz CT molecular complexity index is 155. The fourth-order valence-corrected chi connectivity index (χ4v) is 2.21. The highest BCUT2D eigenvalue weighted by Crippen LogP contribution is 2.35. The molecule has 0 aliphatic heterocycles. The first-order chi connectivity index (χ1) is 6.85. The smallest absolute Gasteiger partial charge is 0.0331 e. The van der Waals surface area contributed by atoms with Crippen LogP contribution >= 0.6 is 0 Å². The number of hydrogen-bond donors (Lipinski definition) is 0. The van der Waals surface area contributed by atoms with Crippen molar-refractivity contribution in [1.82, 2.24) is 0 Å². The van der Waals surface area contributed by atoms with Crippen LogP contribution < -0.4 is 0 Å². The van der Waals surface area contributed by atoms with Crippen molar-refractivity contribution in [3.63, 3.8) is 0 Å². The molecular formula is C15H32. The summed E-state index contributed by atoms with van der Waals surface area (Å²) in [7, 11) is 0. The van der Waals surface area contributed by atoms with Crippen molar-refractivity contribution < 1.29 is 0 Å². The van der Waals surface area contributed by atoms with Crippen LogP contribution in [0.1, 0.15) is 74.1 Å². The van der Waals surface area contributed by atoms with E-state index in [1.54, 1.807) is 0 Å². The molecule has 15 heavy (non-hydrogen) atoms. The summed E-state index contributed by atoms with van der Waals surface area (Å²) in [4.78, 5) is 0. The average molecular weight is 212 g/mol. The monoisotopic (exact) mass is 212 g/mol. The van der Waals surface area contributed by atoms with Gasteiger partial charge in [0.05, 0.1) is 0 Å². The summed E-state index contributed by atoms with van der Waals surface area (Å²) in [6, 6.07) is 0. The van der Waals surface area contributed by atoms with Crippen LogP contribution in [0.25, 0.3) is 0 Å². The minimum Gasteiger partial charge on any atom is -0.0651 e. The largest absolute Gasteiger partial charge is 0.0651 e. The minimum atomic E-state index is 0.523. The molecule has 0 amide bonds. The van der Waals surface area contributed by atoms with E-state index in [-0.39, 0.29) is 0 Å². The third kappa shape index (κ3) is 5.04. The normalized spacial score (nSPS) is 16.8. The van der Waals surface area contributed by atoms with E-state index in [4.69, 9.17) is 0 Å². The molecular weight excluding hydrogens is 180 g/mol. The van der Waals surface area contributed by atoms with Crippen LogP contribution in [0.4, 0.5) is 0 Å². The molecule has 0 heterocycles. The molecule has 0 aliphatic rings. The minimum absolute atomic E-state index is 0.523. The van der Waals surface area contributed by atoms with Gasteiger partial charge in [-0.3, -0.25) is 0 Å². The molecule has 0 aromatic rings. The Morgan fingerprint density at radius 3 is 1.80 bits per heavy atom. The fourth-order valence-electron chi connectivity index (χ4n) is 2.21. The summed E-state index contributed by atoms with van der Waals surface area (Å²) in [5.41, 5.74) is 0.523. The zero-order chi connectivity index (χ0) is 12.1. The van der Waals surface area contributed by atoms with Crippen molar-refractivity contribution in [2.45, 2.75) is 74.1 Å². The van der Waals surface area contributed by atoms with Crippen molar-refractivity contribution in [2.24, 2.45) is 23.2 Å². The van der Waals surface area contributed by atoms with Gasteiger partial charge >= 0.3 is 0 Å². The van der Waals surface area contributed by atoms with Gasteiger partial charge in [-0.15, -0.1) is 0 Å². The molecule has 0 radical (unpaired) electrons. The average Bonchev–Trinajstić information content (AvgIpc) is 2.17. The van der Waals surface area contributed by atoms with Crippen molar-refractivity contribution in [3.05, 3.63) is 0 Å². The quantitative estimate of drug-likeness (QED) is 0.521. The second-order valence-corrected chi connectivity index (χ2v) is 6.23. The lowest BCUT2D eigenvalue weighted by molar-refractivity contribution is 0.187. The summed E-state index contributed by atoms with van der Waals surface area (Å²) in [6.07, 6.45) is 5.46. The van der Waals surface area contributed by atoms with E-state index in [0.717, 1.165) is 17.8 Å². The predicted octanol–water partition coefficient (Wildman–Crippen LogP) is 5.52. The Hall–Kier alpha value is 0. The molecule has 0 spiro atoms. The second-order valence-electron chi connectivity index (χ2n) is 6.23. The zero-order valence-corrected chi connectivity index (χ0v) is 12.1. The van der Waals surface area contributed by atoms with E-state index in [9.17, 15) is 0 Å². The van der Waals surface area contributed by atoms with Gasteiger partial charge in [-0.25, -0.2) is 0 Å². The summed E-state index contributed by atoms with van der Waals surface area (Å²) < 4.78 is 0. The summed E-state index contributed by atoms with van der Waals surface area (Å²) in [6.45, 7) is 16.6. The molecule has 0 bridgehead atoms. The standard InChI is InChI=1S/C15H32/c1-8-14(12(3)4)11-10-13(5)15(6,7)9-2/h12-14H,8-11H2,1-7H3/t13-,14+/m1/s1. The predicted molar refractivity (Wildman–Crippen MR) is 71.1 cm³/mol. The molecule has 0 saturated heterocycles. The highest BCUT2D eigenvalue weighted by Gasteiger charge is 2.24. The lowest BCUT2D eigenvalue weighted by Gasteiger charge is -2.32. The maximum absolute atomic E-state index is 2.43. The molecule has 0 N–H and O–H groups in total. The van der Waals surface area contributed by atoms with Crippen molar-refractivity contribution in [1.29, 1.82) is 0 Å². The van der Waals surface area contributed by atoms with E-state index in [0.29, 0.717) is 5.41 Å². The highest BCUT2D eigenvalue weighted by molar-refractivity contribution is 4.75. The van der Waals surface area contributed by atoms with Gasteiger partial charge in [0.25, 0.3) is 0 Å². The van der Waals surface area contributed by atoms with Crippen molar-refractivity contribution in [3.8, 4) is 0 Å². The lowest BCUT2D eigenvalue weighted by atomic mass is 9.74. The third-order valence-electron chi connectivity index (χ3n) is 4.68. The summed E-state index contributed by atoms with van der Waals surface area (Å²) in [5, 5.41) is 0. The molecule has 0 aromatic carbocycles. The van der Waals surface area contributed by atoms with Crippen LogP contribution in [-0.2, 0) is 0 Å². The first-order valence-electron chi connectivity index (χ1n) is 6.85. The lowest BCUT2D eigenvalue weighted by Crippen LogP contribution is -2.22. The van der Waals surface area contributed by atoms with Gasteiger partial charge in [0.1, 0.15) is 0 Å². The molecule has 0 nitrogen and oxygen atoms in total. The van der Waals surface area contributed by atoms with Gasteiger partial charge in [0, 0.05) is 0 Å². The molecule has 0 aromatic heterocycles. The maximum atomic E-state index is 2.43. The Kier molecular flexibility index (Phi) is 6.55. The van der Waals surface area contributed by atoms with Crippen LogP contribution in [0, 0.1) is 23.2 Å². The molecule has 0 heteroatoms. The fraction of sp³-hybridized carbons (Fsp3) is 1.00. The molecule has 0 aliphatic carbocycles. The number of rotatable bonds is 7. The first kappa shape index (κ1) is 15.0. The highest BCUT2D eigenvalue weighted by atomic mass is 14.3. The van der Waals surface area contributed by atoms with E-state index in [1.165, 1.54) is 25.7 Å². The molecule has 92 valence electrons. The zero-order valence-electron chi connectivity index (χ0n) is 12.1. The Morgan fingerprint density at radius 2 is 1.47 bits per heavy atom. The molecule has 0 saturated carbocycles. The van der Waals surface area contributed by atoms with Gasteiger partial charge in [-0.2, -0.15) is 0 Å². The number of hydrogen-bond acceptors (Lipinski definition) is 0. The van der Waals surface area contributed by atoms with E-state index in [2.05, 4.69) is 48.5 Å². The maximum Gasteiger partial charge on any atom is -0.0331 e. The van der Waals surface area contributed by atoms with Crippen LogP contribution in [0.2, 0.25) is 0 Å². The summed E-state index contributed by atoms with van der Waals surface area (Å²) in [5.74, 6) is 2.64. The second kappa shape index (κ2) is 6.55. The van der Waals surface area contributed by atoms with Crippen LogP contribution in [-0.4, -0.2) is 0 Å². The van der Waals surface area contributed by atoms with E-state index in [1.807, 2.05) is 0 Å². The van der Waals surface area contributed by atoms with Crippen molar-refractivity contribution >= 4 is 0 Å². The Balaban J connectivity index is 4.03. The van der Waals surface area contributed by atoms with Crippen LogP contribution in [0.15, 0.2) is 0 Å². The van der Waals surface area contributed by atoms with Gasteiger partial charge < -0.3 is 0 Å². The topological polar surface area (TPSA) is 0 Å². The van der Waals surface area contributed by atoms with Crippen molar-refractivity contribution in [2.75, 3.05) is 0 Å². The first-order valence-corrected chi connectivity index (χ1v) is 6.85. The summed E-state index contributed by atoms with van der Waals surface area (Å²) >= 11 is 0. The molecule has 2 atom stereocenters. The van der Waals surface area contributed by atoms with E-state index < -0.39 is 0 Å². The van der Waals surface area contributed by atoms with Gasteiger partial charge in [0.15, 0.2) is 0 Å². The van der Waals surface area contributed by atoms with Crippen LogP contribution in [0.3, 0.4) is 0 Å². The SMILES string of the molecule is CC[C@@H](CC[C@@H](C)C(C)(C)CC)C(C)C. The third-order valence-corrected chi connectivity index (χ3v) is 4.68. The van der Waals surface area contributed by atoms with E-state index >= 15 is 0 Å². The van der Waals surface area contributed by atoms with Gasteiger partial charge in [-0.05, 0) is 36.0 Å².